The van der Waals surface area contributed by atoms with Gasteiger partial charge in [-0.1, -0.05) is 28.1 Å². The topological polar surface area (TPSA) is 81.7 Å². The highest BCUT2D eigenvalue weighted by Crippen LogP contribution is 2.50. The minimum absolute atomic E-state index is 0.116. The number of carbonyl (C=O) groups is 1. The van der Waals surface area contributed by atoms with Crippen LogP contribution in [-0.4, -0.2) is 32.4 Å². The minimum atomic E-state index is -3.90. The highest BCUT2D eigenvalue weighted by atomic mass is 79.9. The summed E-state index contributed by atoms with van der Waals surface area (Å²) in [7, 11) is -2.37. The van der Waals surface area contributed by atoms with Crippen LogP contribution in [0.1, 0.15) is 24.8 Å². The van der Waals surface area contributed by atoms with Gasteiger partial charge >= 0.3 is 0 Å². The first-order valence-corrected chi connectivity index (χ1v) is 10.8. The smallest absolute Gasteiger partial charge is 0.242 e. The summed E-state index contributed by atoms with van der Waals surface area (Å²) in [5, 5.41) is 1.51. The van der Waals surface area contributed by atoms with Crippen molar-refractivity contribution in [1.82, 2.24) is 5.32 Å². The number of amides is 1. The van der Waals surface area contributed by atoms with Gasteiger partial charge in [0.2, 0.25) is 5.91 Å². The molecule has 0 aromatic heterocycles. The van der Waals surface area contributed by atoms with Crippen LogP contribution in [0.2, 0.25) is 0 Å². The van der Waals surface area contributed by atoms with E-state index in [-0.39, 0.29) is 4.90 Å². The maximum Gasteiger partial charge on any atom is 0.242 e. The predicted octanol–water partition coefficient (Wildman–Crippen LogP) is 3.01. The summed E-state index contributed by atoms with van der Waals surface area (Å²) < 4.78 is 38.8. The van der Waals surface area contributed by atoms with Crippen molar-refractivity contribution in [2.75, 3.05) is 7.11 Å². The average Bonchev–Trinajstić information content (AvgIpc) is 2.60. The number of hydrogen-bond donors (Lipinski definition) is 1. The molecule has 27 heavy (non-hydrogen) atoms. The Morgan fingerprint density at radius 1 is 1.22 bits per heavy atom. The number of fused-ring (bicyclic) bond motifs is 4. The highest BCUT2D eigenvalue weighted by Gasteiger charge is 2.54. The van der Waals surface area contributed by atoms with Gasteiger partial charge < -0.3 is 14.8 Å². The molecule has 0 aliphatic carbocycles. The molecule has 0 radical (unpaired) electrons. The number of piperidine rings is 1. The molecule has 0 unspecified atom stereocenters. The molecule has 2 aliphatic heterocycles. The summed E-state index contributed by atoms with van der Waals surface area (Å²) in [5.41, 5.74) is -0.304. The van der Waals surface area contributed by atoms with Crippen LogP contribution in [0, 0.1) is 0 Å². The molecular weight excluding hydrogens is 434 g/mol. The fourth-order valence-electron chi connectivity index (χ4n) is 3.88. The number of sulfone groups is 1. The van der Waals surface area contributed by atoms with E-state index in [0.29, 0.717) is 23.5 Å². The average molecular weight is 452 g/mol. The van der Waals surface area contributed by atoms with Gasteiger partial charge in [-0.05, 0) is 37.3 Å². The van der Waals surface area contributed by atoms with Gasteiger partial charge in [0.15, 0.2) is 32.3 Å². The molecule has 8 heteroatoms. The molecule has 2 aromatic carbocycles. The summed E-state index contributed by atoms with van der Waals surface area (Å²) in [5.74, 6) is -0.0875. The fraction of sp³-hybridized carbons (Fsp3) is 0.316. The second kappa shape index (κ2) is 6.24. The maximum atomic E-state index is 13.3. The minimum Gasteiger partial charge on any atom is -0.493 e. The van der Waals surface area contributed by atoms with Crippen LogP contribution in [0.4, 0.5) is 0 Å². The van der Waals surface area contributed by atoms with Crippen LogP contribution in [0.15, 0.2) is 51.8 Å². The lowest BCUT2D eigenvalue weighted by Gasteiger charge is -2.47. The molecule has 142 valence electrons. The summed E-state index contributed by atoms with van der Waals surface area (Å²) in [6.07, 6.45) is 0.360. The summed E-state index contributed by atoms with van der Waals surface area (Å²) in [4.78, 5) is 13.0. The van der Waals surface area contributed by atoms with Gasteiger partial charge in [-0.2, -0.15) is 0 Å². The van der Waals surface area contributed by atoms with Crippen molar-refractivity contribution < 1.29 is 22.7 Å². The number of rotatable bonds is 3. The molecular formula is C19H18BrNO5S. The maximum absolute atomic E-state index is 13.3. The quantitative estimate of drug-likeness (QED) is 0.775. The molecule has 0 saturated carbocycles. The van der Waals surface area contributed by atoms with Crippen LogP contribution in [0.25, 0.3) is 0 Å². The molecule has 4 rings (SSSR count). The van der Waals surface area contributed by atoms with Crippen molar-refractivity contribution in [3.8, 4) is 11.5 Å². The number of para-hydroxylation sites is 1. The van der Waals surface area contributed by atoms with Crippen molar-refractivity contribution in [1.29, 1.82) is 0 Å². The Balaban J connectivity index is 1.87. The first kappa shape index (κ1) is 18.3. The van der Waals surface area contributed by atoms with Crippen molar-refractivity contribution in [2.45, 2.75) is 35.1 Å². The molecule has 2 heterocycles. The molecule has 1 amide bonds. The van der Waals surface area contributed by atoms with Gasteiger partial charge in [-0.3, -0.25) is 4.79 Å². The van der Waals surface area contributed by atoms with Crippen molar-refractivity contribution in [3.05, 3.63) is 52.5 Å². The molecule has 6 nitrogen and oxygen atoms in total. The Labute approximate surface area is 165 Å². The zero-order chi connectivity index (χ0) is 19.4. The lowest BCUT2D eigenvalue weighted by Crippen LogP contribution is -2.63. The van der Waals surface area contributed by atoms with E-state index in [9.17, 15) is 13.2 Å². The van der Waals surface area contributed by atoms with Gasteiger partial charge in [-0.25, -0.2) is 8.42 Å². The summed E-state index contributed by atoms with van der Waals surface area (Å²) >= 11 is 3.30. The van der Waals surface area contributed by atoms with Gasteiger partial charge in [0.25, 0.3) is 0 Å². The van der Waals surface area contributed by atoms with E-state index in [0.717, 1.165) is 4.47 Å². The molecule has 3 atom stereocenters. The van der Waals surface area contributed by atoms with E-state index < -0.39 is 32.6 Å². The van der Waals surface area contributed by atoms with Crippen LogP contribution < -0.4 is 14.8 Å². The summed E-state index contributed by atoms with van der Waals surface area (Å²) in [6.45, 7) is 1.75. The molecule has 1 fully saturated rings. The van der Waals surface area contributed by atoms with Gasteiger partial charge in [0.1, 0.15) is 0 Å². The molecule has 2 aromatic rings. The van der Waals surface area contributed by atoms with Crippen molar-refractivity contribution in [2.24, 2.45) is 0 Å². The van der Waals surface area contributed by atoms with E-state index >= 15 is 0 Å². The third-order valence-electron chi connectivity index (χ3n) is 5.05. The summed E-state index contributed by atoms with van der Waals surface area (Å²) in [6, 6.07) is 11.6. The van der Waals surface area contributed by atoms with E-state index in [4.69, 9.17) is 9.47 Å². The number of benzene rings is 2. The number of hydrogen-bond acceptors (Lipinski definition) is 5. The second-order valence-corrected chi connectivity index (χ2v) is 9.92. The highest BCUT2D eigenvalue weighted by molar-refractivity contribution is 9.10. The molecule has 1 N–H and O–H groups in total. The monoisotopic (exact) mass is 451 g/mol. The van der Waals surface area contributed by atoms with Crippen molar-refractivity contribution >= 4 is 31.7 Å². The van der Waals surface area contributed by atoms with Crippen LogP contribution in [0.5, 0.6) is 11.5 Å². The van der Waals surface area contributed by atoms with Crippen LogP contribution in [0.3, 0.4) is 0 Å². The van der Waals surface area contributed by atoms with Gasteiger partial charge in [0.05, 0.1) is 12.0 Å². The molecule has 0 spiro atoms. The lowest BCUT2D eigenvalue weighted by molar-refractivity contribution is -0.132. The SMILES string of the molecule is COc1cccc2c1O[C@]1(C)C[C@H]2[C@H](S(=O)(=O)c2ccc(Br)cc2)C(=O)N1. The number of carbonyl (C=O) groups excluding carboxylic acids is 1. The van der Waals surface area contributed by atoms with Gasteiger partial charge in [0, 0.05) is 22.4 Å². The number of nitrogens with one attached hydrogen (secondary N) is 1. The number of halogens is 1. The molecule has 1 saturated heterocycles. The Morgan fingerprint density at radius 2 is 1.93 bits per heavy atom. The van der Waals surface area contributed by atoms with Crippen LogP contribution in [-0.2, 0) is 14.6 Å². The first-order chi connectivity index (χ1) is 12.7. The Morgan fingerprint density at radius 3 is 2.59 bits per heavy atom. The number of ether oxygens (including phenoxy) is 2. The third-order valence-corrected chi connectivity index (χ3v) is 7.72. The number of methoxy groups -OCH3 is 1. The Hall–Kier alpha value is -2.06. The Bertz CT molecular complexity index is 1020. The van der Waals surface area contributed by atoms with E-state index in [1.54, 1.807) is 37.3 Å². The second-order valence-electron chi connectivity index (χ2n) is 6.93. The normalized spacial score (nSPS) is 26.6. The van der Waals surface area contributed by atoms with E-state index in [1.807, 2.05) is 0 Å². The lowest BCUT2D eigenvalue weighted by atomic mass is 9.81. The van der Waals surface area contributed by atoms with Crippen LogP contribution >= 0.6 is 15.9 Å². The predicted molar refractivity (Wildman–Crippen MR) is 103 cm³/mol. The van der Waals surface area contributed by atoms with Gasteiger partial charge in [-0.15, -0.1) is 0 Å². The van der Waals surface area contributed by atoms with E-state index in [1.165, 1.54) is 19.2 Å². The zero-order valence-electron chi connectivity index (χ0n) is 14.7. The third kappa shape index (κ3) is 2.91. The largest absolute Gasteiger partial charge is 0.493 e. The fourth-order valence-corrected chi connectivity index (χ4v) is 5.97. The standard InChI is InChI=1S/C19H18BrNO5S/c1-19-10-14(13-4-3-5-15(25-2)16(13)26-19)17(18(22)21-19)27(23,24)12-8-6-11(20)7-9-12/h3-9,14,17H,10H2,1-2H3,(H,21,22)/t14-,17+,19-/m1/s1. The zero-order valence-corrected chi connectivity index (χ0v) is 17.1. The molecule has 2 bridgehead atoms. The van der Waals surface area contributed by atoms with E-state index in [2.05, 4.69) is 21.2 Å². The Kier molecular flexibility index (Phi) is 4.23. The van der Waals surface area contributed by atoms with Crippen molar-refractivity contribution in [3.63, 3.8) is 0 Å². The first-order valence-electron chi connectivity index (χ1n) is 8.42. The molecule has 2 aliphatic rings.